The summed E-state index contributed by atoms with van der Waals surface area (Å²) in [6.07, 6.45) is 2.90. The van der Waals surface area contributed by atoms with E-state index in [4.69, 9.17) is 4.74 Å². The van der Waals surface area contributed by atoms with Crippen LogP contribution < -0.4 is 5.32 Å². The van der Waals surface area contributed by atoms with Gasteiger partial charge in [-0.15, -0.1) is 11.8 Å². The summed E-state index contributed by atoms with van der Waals surface area (Å²) >= 11 is 1.43. The summed E-state index contributed by atoms with van der Waals surface area (Å²) in [7, 11) is 0. The number of benzene rings is 2. The van der Waals surface area contributed by atoms with E-state index in [0.717, 1.165) is 16.0 Å². The van der Waals surface area contributed by atoms with Crippen molar-refractivity contribution in [3.05, 3.63) is 78.1 Å². The number of aromatic nitrogens is 1. The number of nitrogens with one attached hydrogen (secondary N) is 1. The maximum absolute atomic E-state index is 12.7. The van der Waals surface area contributed by atoms with Crippen LogP contribution in [0.2, 0.25) is 0 Å². The molecular weight excluding hydrogens is 448 g/mol. The first kappa shape index (κ1) is 25.6. The Bertz CT molecular complexity index is 1120. The maximum Gasteiger partial charge on any atom is 0.340 e. The largest absolute Gasteiger partial charge is 0.462 e. The molecule has 1 unspecified atom stereocenters. The SMILES string of the molecule is CCOC(=O)c1cn(CC(O)CSc2ccccc2C(=O)NC(C)(C)C)cc1-c1ccccc1. The molecule has 1 atom stereocenters. The Hall–Kier alpha value is -3.03. The average molecular weight is 481 g/mol. The molecule has 1 aromatic heterocycles. The van der Waals surface area contributed by atoms with E-state index in [2.05, 4.69) is 5.32 Å². The number of aliphatic hydroxyl groups is 1. The lowest BCUT2D eigenvalue weighted by molar-refractivity contribution is 0.0526. The highest BCUT2D eigenvalue weighted by atomic mass is 32.2. The standard InChI is InChI=1S/C27H32N2O4S/c1-5-33-26(32)23-17-29(16-22(23)19-11-7-6-8-12-19)15-20(30)18-34-24-14-10-9-13-21(24)25(31)28-27(2,3)4/h6-14,16-17,20,30H,5,15,18H2,1-4H3,(H,28,31). The molecule has 0 radical (unpaired) electrons. The van der Waals surface area contributed by atoms with Crippen molar-refractivity contribution < 1.29 is 19.4 Å². The van der Waals surface area contributed by atoms with Gasteiger partial charge in [-0.1, -0.05) is 42.5 Å². The Morgan fingerprint density at radius 3 is 2.38 bits per heavy atom. The minimum Gasteiger partial charge on any atom is -0.462 e. The molecule has 180 valence electrons. The molecular formula is C27H32N2O4S. The molecule has 0 spiro atoms. The molecule has 1 heterocycles. The van der Waals surface area contributed by atoms with E-state index >= 15 is 0 Å². The smallest absolute Gasteiger partial charge is 0.340 e. The first-order chi connectivity index (χ1) is 16.2. The zero-order valence-electron chi connectivity index (χ0n) is 20.1. The van der Waals surface area contributed by atoms with Gasteiger partial charge < -0.3 is 19.7 Å². The van der Waals surface area contributed by atoms with E-state index in [9.17, 15) is 14.7 Å². The highest BCUT2D eigenvalue weighted by molar-refractivity contribution is 7.99. The van der Waals surface area contributed by atoms with Crippen LogP contribution in [0, 0.1) is 0 Å². The quantitative estimate of drug-likeness (QED) is 0.332. The Labute approximate surface area is 205 Å². The van der Waals surface area contributed by atoms with Gasteiger partial charge in [0.25, 0.3) is 5.91 Å². The second-order valence-electron chi connectivity index (χ2n) is 9.03. The fraction of sp³-hybridized carbons (Fsp3) is 0.333. The first-order valence-electron chi connectivity index (χ1n) is 11.3. The number of carbonyl (C=O) groups excluding carboxylic acids is 2. The van der Waals surface area contributed by atoms with Crippen LogP contribution >= 0.6 is 11.8 Å². The van der Waals surface area contributed by atoms with Gasteiger partial charge in [0.15, 0.2) is 0 Å². The van der Waals surface area contributed by atoms with Crippen LogP contribution in [0.5, 0.6) is 0 Å². The summed E-state index contributed by atoms with van der Waals surface area (Å²) in [6, 6.07) is 17.0. The topological polar surface area (TPSA) is 80.6 Å². The molecule has 3 rings (SSSR count). The lowest BCUT2D eigenvalue weighted by atomic mass is 10.1. The second-order valence-corrected chi connectivity index (χ2v) is 10.1. The lowest BCUT2D eigenvalue weighted by Crippen LogP contribution is -2.40. The highest BCUT2D eigenvalue weighted by Gasteiger charge is 2.20. The molecule has 0 saturated heterocycles. The Morgan fingerprint density at radius 2 is 1.71 bits per heavy atom. The number of aliphatic hydroxyl groups excluding tert-OH is 1. The molecule has 3 aromatic rings. The molecule has 6 nitrogen and oxygen atoms in total. The molecule has 34 heavy (non-hydrogen) atoms. The van der Waals surface area contributed by atoms with Gasteiger partial charge >= 0.3 is 5.97 Å². The van der Waals surface area contributed by atoms with Crippen LogP contribution in [-0.4, -0.2) is 45.6 Å². The number of esters is 1. The van der Waals surface area contributed by atoms with Crippen LogP contribution in [0.3, 0.4) is 0 Å². The molecule has 0 aliphatic carbocycles. The van der Waals surface area contributed by atoms with E-state index < -0.39 is 6.10 Å². The van der Waals surface area contributed by atoms with Crippen molar-refractivity contribution in [3.63, 3.8) is 0 Å². The van der Waals surface area contributed by atoms with Gasteiger partial charge in [-0.25, -0.2) is 4.79 Å². The Balaban J connectivity index is 1.72. The molecule has 2 N–H and O–H groups in total. The summed E-state index contributed by atoms with van der Waals surface area (Å²) in [6.45, 7) is 8.20. The first-order valence-corrected chi connectivity index (χ1v) is 12.3. The normalized spacial score (nSPS) is 12.3. The number of thioether (sulfide) groups is 1. The molecule has 0 saturated carbocycles. The molecule has 7 heteroatoms. The number of hydrogen-bond acceptors (Lipinski definition) is 5. The third-order valence-corrected chi connectivity index (χ3v) is 6.15. The van der Waals surface area contributed by atoms with Crippen molar-refractivity contribution in [2.75, 3.05) is 12.4 Å². The number of rotatable bonds is 9. The van der Waals surface area contributed by atoms with E-state index in [1.54, 1.807) is 19.2 Å². The molecule has 0 bridgehead atoms. The van der Waals surface area contributed by atoms with Crippen molar-refractivity contribution >= 4 is 23.6 Å². The van der Waals surface area contributed by atoms with E-state index in [0.29, 0.717) is 30.0 Å². The minimum atomic E-state index is -0.685. The van der Waals surface area contributed by atoms with E-state index in [1.165, 1.54) is 11.8 Å². The van der Waals surface area contributed by atoms with Crippen LogP contribution in [-0.2, 0) is 11.3 Å². The Kier molecular flexibility index (Phi) is 8.58. The van der Waals surface area contributed by atoms with Crippen molar-refractivity contribution in [2.24, 2.45) is 0 Å². The third-order valence-electron chi connectivity index (χ3n) is 4.93. The van der Waals surface area contributed by atoms with Gasteiger partial charge in [0.2, 0.25) is 0 Å². The van der Waals surface area contributed by atoms with Gasteiger partial charge in [-0.3, -0.25) is 4.79 Å². The summed E-state index contributed by atoms with van der Waals surface area (Å²) in [5, 5.41) is 13.7. The molecule has 1 amide bonds. The molecule has 0 fully saturated rings. The van der Waals surface area contributed by atoms with E-state index in [-0.39, 0.29) is 17.4 Å². The van der Waals surface area contributed by atoms with Gasteiger partial charge in [0.1, 0.15) is 0 Å². The summed E-state index contributed by atoms with van der Waals surface area (Å²) in [4.78, 5) is 26.0. The molecule has 0 aliphatic heterocycles. The maximum atomic E-state index is 12.7. The van der Waals surface area contributed by atoms with Crippen LogP contribution in [0.1, 0.15) is 48.4 Å². The zero-order valence-corrected chi connectivity index (χ0v) is 20.9. The highest BCUT2D eigenvalue weighted by Crippen LogP contribution is 2.27. The number of carbonyl (C=O) groups is 2. The van der Waals surface area contributed by atoms with Crippen molar-refractivity contribution in [2.45, 2.75) is 50.8 Å². The second kappa shape index (κ2) is 11.4. The fourth-order valence-corrected chi connectivity index (χ4v) is 4.47. The summed E-state index contributed by atoms with van der Waals surface area (Å²) in [5.74, 6) is -0.127. The predicted molar refractivity (Wildman–Crippen MR) is 136 cm³/mol. The summed E-state index contributed by atoms with van der Waals surface area (Å²) in [5.41, 5.74) is 2.40. The minimum absolute atomic E-state index is 0.137. The lowest BCUT2D eigenvalue weighted by Gasteiger charge is -2.21. The summed E-state index contributed by atoms with van der Waals surface area (Å²) < 4.78 is 7.04. The number of ether oxygens (including phenoxy) is 1. The van der Waals surface area contributed by atoms with Crippen LogP contribution in [0.4, 0.5) is 0 Å². The van der Waals surface area contributed by atoms with Gasteiger partial charge in [0.05, 0.1) is 23.8 Å². The number of hydrogen-bond donors (Lipinski definition) is 2. The van der Waals surface area contributed by atoms with Crippen molar-refractivity contribution in [1.29, 1.82) is 0 Å². The third kappa shape index (κ3) is 6.98. The van der Waals surface area contributed by atoms with Crippen molar-refractivity contribution in [1.82, 2.24) is 9.88 Å². The molecule has 0 aliphatic rings. The van der Waals surface area contributed by atoms with E-state index in [1.807, 2.05) is 80.1 Å². The number of nitrogens with zero attached hydrogens (tertiary/aromatic N) is 1. The fourth-order valence-electron chi connectivity index (χ4n) is 3.50. The van der Waals surface area contributed by atoms with Crippen LogP contribution in [0.25, 0.3) is 11.1 Å². The average Bonchev–Trinajstić information content (AvgIpc) is 3.21. The molecule has 2 aromatic carbocycles. The number of amides is 1. The monoisotopic (exact) mass is 480 g/mol. The van der Waals surface area contributed by atoms with Gasteiger partial charge in [0, 0.05) is 40.7 Å². The van der Waals surface area contributed by atoms with Gasteiger partial charge in [-0.2, -0.15) is 0 Å². The predicted octanol–water partition coefficient (Wildman–Crippen LogP) is 5.01. The van der Waals surface area contributed by atoms with Crippen molar-refractivity contribution in [3.8, 4) is 11.1 Å². The Morgan fingerprint density at radius 1 is 1.03 bits per heavy atom. The van der Waals surface area contributed by atoms with Gasteiger partial charge in [-0.05, 0) is 45.4 Å². The zero-order chi connectivity index (χ0) is 24.7. The van der Waals surface area contributed by atoms with Crippen LogP contribution in [0.15, 0.2) is 71.9 Å².